The summed E-state index contributed by atoms with van der Waals surface area (Å²) >= 11 is 1.65. The van der Waals surface area contributed by atoms with E-state index in [0.29, 0.717) is 5.56 Å². The number of rotatable bonds is 9. The number of aromatic nitrogens is 1. The Labute approximate surface area is 166 Å². The summed E-state index contributed by atoms with van der Waals surface area (Å²) in [4.78, 5) is 12.4. The van der Waals surface area contributed by atoms with Crippen molar-refractivity contribution in [3.05, 3.63) is 52.5 Å². The molecule has 3 nitrogen and oxygen atoms in total. The second kappa shape index (κ2) is 11.6. The number of ether oxygens (including phenoxy) is 1. The van der Waals surface area contributed by atoms with E-state index in [-0.39, 0.29) is 36.0 Å². The standard InChI is InChI=1S/C19H26NO2S.HI/c1-3-4-5-6-10-13-17(18-20(2)14-15-23-18)22-19(21)16-11-8-7-9-12-16;/h7-9,11-12,14-15,17H,3-6,10,13H2,1-2H3;1H/q+1;/p-1/t17-;/m0./s1. The maximum absolute atomic E-state index is 12.4. The van der Waals surface area contributed by atoms with Gasteiger partial charge >= 0.3 is 5.97 Å². The minimum atomic E-state index is -0.238. The summed E-state index contributed by atoms with van der Waals surface area (Å²) in [5, 5.41) is 3.14. The van der Waals surface area contributed by atoms with E-state index in [4.69, 9.17) is 4.74 Å². The van der Waals surface area contributed by atoms with Gasteiger partial charge in [-0.3, -0.25) is 0 Å². The largest absolute Gasteiger partial charge is 1.00 e. The van der Waals surface area contributed by atoms with Gasteiger partial charge in [-0.05, 0) is 25.0 Å². The number of carbonyl (C=O) groups is 1. The highest BCUT2D eigenvalue weighted by atomic mass is 127. The van der Waals surface area contributed by atoms with Crippen LogP contribution < -0.4 is 28.5 Å². The molecule has 132 valence electrons. The zero-order valence-electron chi connectivity index (χ0n) is 14.4. The van der Waals surface area contributed by atoms with Gasteiger partial charge in [0.25, 0.3) is 5.01 Å². The molecule has 5 heteroatoms. The van der Waals surface area contributed by atoms with Crippen LogP contribution in [0.1, 0.15) is 66.9 Å². The van der Waals surface area contributed by atoms with Gasteiger partial charge in [0, 0.05) is 0 Å². The average molecular weight is 459 g/mol. The molecule has 0 aliphatic rings. The van der Waals surface area contributed by atoms with Crippen molar-refractivity contribution in [2.24, 2.45) is 7.05 Å². The van der Waals surface area contributed by atoms with Crippen LogP contribution in [0.25, 0.3) is 0 Å². The van der Waals surface area contributed by atoms with Gasteiger partial charge in [-0.25, -0.2) is 4.79 Å². The van der Waals surface area contributed by atoms with Crippen molar-refractivity contribution in [1.82, 2.24) is 0 Å². The third kappa shape index (κ3) is 6.51. The maximum Gasteiger partial charge on any atom is 0.338 e. The monoisotopic (exact) mass is 459 g/mol. The number of hydrogen-bond donors (Lipinski definition) is 0. The maximum atomic E-state index is 12.4. The molecule has 0 fully saturated rings. The van der Waals surface area contributed by atoms with Crippen LogP contribution in [-0.2, 0) is 11.8 Å². The Kier molecular flexibility index (Phi) is 10.2. The third-order valence-electron chi connectivity index (χ3n) is 3.92. The fraction of sp³-hybridized carbons (Fsp3) is 0.474. The Hall–Kier alpha value is -0.950. The van der Waals surface area contributed by atoms with Crippen molar-refractivity contribution in [3.8, 4) is 0 Å². The molecule has 0 saturated heterocycles. The lowest BCUT2D eigenvalue weighted by Gasteiger charge is -2.14. The van der Waals surface area contributed by atoms with Gasteiger partial charge in [0.1, 0.15) is 7.05 Å². The SMILES string of the molecule is CCCCCCC[C@H](OC(=O)c1ccccc1)c1scc[n+]1C.[I-]. The Morgan fingerprint density at radius 2 is 1.88 bits per heavy atom. The van der Waals surface area contributed by atoms with Crippen LogP contribution in [0.4, 0.5) is 0 Å². The minimum absolute atomic E-state index is 0. The lowest BCUT2D eigenvalue weighted by Crippen LogP contribution is -3.00. The molecule has 0 aliphatic carbocycles. The van der Waals surface area contributed by atoms with Crippen molar-refractivity contribution in [2.75, 3.05) is 0 Å². The van der Waals surface area contributed by atoms with Crippen LogP contribution >= 0.6 is 11.3 Å². The van der Waals surface area contributed by atoms with E-state index < -0.39 is 0 Å². The molecule has 0 bridgehead atoms. The van der Waals surface area contributed by atoms with Gasteiger partial charge in [-0.1, -0.05) is 62.1 Å². The highest BCUT2D eigenvalue weighted by Gasteiger charge is 2.26. The molecule has 1 heterocycles. The first-order valence-electron chi connectivity index (χ1n) is 8.41. The molecule has 0 spiro atoms. The van der Waals surface area contributed by atoms with E-state index in [1.165, 1.54) is 25.7 Å². The molecular weight excluding hydrogens is 433 g/mol. The highest BCUT2D eigenvalue weighted by molar-refractivity contribution is 7.09. The summed E-state index contributed by atoms with van der Waals surface area (Å²) in [6, 6.07) is 9.23. The molecule has 0 aliphatic heterocycles. The average Bonchev–Trinajstić information content (AvgIpc) is 3.00. The van der Waals surface area contributed by atoms with Gasteiger partial charge < -0.3 is 28.7 Å². The number of halogens is 1. The van der Waals surface area contributed by atoms with Gasteiger partial charge in [0.05, 0.1) is 10.9 Å². The van der Waals surface area contributed by atoms with Gasteiger partial charge in [-0.15, -0.1) is 0 Å². The number of carbonyl (C=O) groups excluding carboxylic acids is 1. The summed E-state index contributed by atoms with van der Waals surface area (Å²) in [5.74, 6) is -0.238. The van der Waals surface area contributed by atoms with E-state index in [2.05, 4.69) is 11.5 Å². The number of benzene rings is 1. The van der Waals surface area contributed by atoms with Crippen molar-refractivity contribution in [2.45, 2.75) is 51.6 Å². The van der Waals surface area contributed by atoms with Crippen LogP contribution in [-0.4, -0.2) is 5.97 Å². The Balaban J connectivity index is 0.00000288. The van der Waals surface area contributed by atoms with Crippen molar-refractivity contribution >= 4 is 17.3 Å². The molecule has 0 saturated carbocycles. The van der Waals surface area contributed by atoms with Crippen LogP contribution in [0.15, 0.2) is 41.9 Å². The fourth-order valence-corrected chi connectivity index (χ4v) is 3.52. The fourth-order valence-electron chi connectivity index (χ4n) is 2.59. The molecule has 0 amide bonds. The minimum Gasteiger partial charge on any atom is -1.00 e. The molecule has 1 atom stereocenters. The Morgan fingerprint density at radius 3 is 2.50 bits per heavy atom. The van der Waals surface area contributed by atoms with Crippen molar-refractivity contribution in [1.29, 1.82) is 0 Å². The quantitative estimate of drug-likeness (QED) is 0.248. The normalized spacial score (nSPS) is 11.6. The number of hydrogen-bond acceptors (Lipinski definition) is 3. The molecule has 0 N–H and O–H groups in total. The molecule has 24 heavy (non-hydrogen) atoms. The lowest BCUT2D eigenvalue weighted by atomic mass is 10.1. The predicted molar refractivity (Wildman–Crippen MR) is 93.5 cm³/mol. The topological polar surface area (TPSA) is 30.2 Å². The zero-order valence-corrected chi connectivity index (χ0v) is 17.4. The summed E-state index contributed by atoms with van der Waals surface area (Å²) in [6.07, 6.45) is 8.80. The third-order valence-corrected chi connectivity index (χ3v) is 4.98. The molecule has 1 aromatic carbocycles. The zero-order chi connectivity index (χ0) is 16.5. The Morgan fingerprint density at radius 1 is 1.17 bits per heavy atom. The Bertz CT molecular complexity index is 600. The summed E-state index contributed by atoms with van der Waals surface area (Å²) < 4.78 is 7.87. The van der Waals surface area contributed by atoms with Crippen molar-refractivity contribution in [3.63, 3.8) is 0 Å². The number of aryl methyl sites for hydroxylation is 1. The van der Waals surface area contributed by atoms with Crippen LogP contribution in [0.3, 0.4) is 0 Å². The van der Waals surface area contributed by atoms with Gasteiger partial charge in [0.15, 0.2) is 12.3 Å². The summed E-state index contributed by atoms with van der Waals surface area (Å²) in [7, 11) is 2.01. The second-order valence-corrected chi connectivity index (χ2v) is 6.74. The number of nitrogens with zero attached hydrogens (tertiary/aromatic N) is 1. The first-order chi connectivity index (χ1) is 11.2. The molecular formula is C19H26INO2S. The second-order valence-electron chi connectivity index (χ2n) is 5.82. The first kappa shape index (κ1) is 21.1. The van der Waals surface area contributed by atoms with Gasteiger partial charge in [-0.2, -0.15) is 4.57 Å². The number of esters is 1. The molecule has 0 radical (unpaired) electrons. The van der Waals surface area contributed by atoms with Gasteiger partial charge in [0.2, 0.25) is 0 Å². The lowest BCUT2D eigenvalue weighted by molar-refractivity contribution is -0.677. The van der Waals surface area contributed by atoms with Crippen molar-refractivity contribution < 1.29 is 38.1 Å². The highest BCUT2D eigenvalue weighted by Crippen LogP contribution is 2.26. The van der Waals surface area contributed by atoms with Crippen LogP contribution in [0.5, 0.6) is 0 Å². The predicted octanol–water partition coefficient (Wildman–Crippen LogP) is 1.84. The first-order valence-corrected chi connectivity index (χ1v) is 9.29. The molecule has 1 aromatic heterocycles. The number of thiazole rings is 1. The summed E-state index contributed by atoms with van der Waals surface area (Å²) in [6.45, 7) is 2.22. The molecule has 2 rings (SSSR count). The van der Waals surface area contributed by atoms with Crippen LogP contribution in [0.2, 0.25) is 0 Å². The summed E-state index contributed by atoms with van der Waals surface area (Å²) in [5.41, 5.74) is 0.614. The molecule has 2 aromatic rings. The van der Waals surface area contributed by atoms with E-state index in [0.717, 1.165) is 17.8 Å². The smallest absolute Gasteiger partial charge is 0.338 e. The van der Waals surface area contributed by atoms with E-state index >= 15 is 0 Å². The molecule has 0 unspecified atom stereocenters. The number of unbranched alkanes of at least 4 members (excludes halogenated alkanes) is 4. The van der Waals surface area contributed by atoms with Crippen LogP contribution in [0, 0.1) is 0 Å². The van der Waals surface area contributed by atoms with E-state index in [9.17, 15) is 4.79 Å². The van der Waals surface area contributed by atoms with E-state index in [1.54, 1.807) is 23.5 Å². The van der Waals surface area contributed by atoms with E-state index in [1.807, 2.05) is 36.8 Å².